The number of imidazole rings is 1. The Morgan fingerprint density at radius 2 is 2.19 bits per heavy atom. The first-order valence-corrected chi connectivity index (χ1v) is 6.08. The van der Waals surface area contributed by atoms with E-state index in [0.29, 0.717) is 0 Å². The molecule has 1 aliphatic rings. The van der Waals surface area contributed by atoms with Crippen molar-refractivity contribution in [2.45, 2.75) is 0 Å². The first-order valence-electron chi connectivity index (χ1n) is 5.20. The molecule has 0 atom stereocenters. The van der Waals surface area contributed by atoms with Crippen LogP contribution in [0.1, 0.15) is 0 Å². The van der Waals surface area contributed by atoms with Crippen LogP contribution in [0, 0.1) is 0 Å². The fraction of sp³-hybridized carbons (Fsp3) is 0.400. The summed E-state index contributed by atoms with van der Waals surface area (Å²) in [6.45, 7) is 3.44. The zero-order valence-corrected chi connectivity index (χ0v) is 9.56. The molecule has 0 saturated carbocycles. The highest BCUT2D eigenvalue weighted by Crippen LogP contribution is 2.23. The number of morpholine rings is 1. The maximum atomic E-state index is 5.32. The van der Waals surface area contributed by atoms with Crippen molar-refractivity contribution in [2.24, 2.45) is 0 Å². The molecule has 6 heteroatoms. The minimum atomic E-state index is 0.792. The van der Waals surface area contributed by atoms with Crippen molar-refractivity contribution in [1.29, 1.82) is 0 Å². The van der Waals surface area contributed by atoms with Crippen molar-refractivity contribution < 1.29 is 4.74 Å². The van der Waals surface area contributed by atoms with Crippen LogP contribution >= 0.6 is 11.3 Å². The average Bonchev–Trinajstić information content (AvgIpc) is 3.01. The van der Waals surface area contributed by atoms with Gasteiger partial charge in [-0.1, -0.05) is 0 Å². The molecule has 1 saturated heterocycles. The predicted octanol–water partition coefficient (Wildman–Crippen LogP) is 1.17. The Morgan fingerprint density at radius 1 is 1.31 bits per heavy atom. The second kappa shape index (κ2) is 4.23. The minimum Gasteiger partial charge on any atom is -0.378 e. The van der Waals surface area contributed by atoms with E-state index in [4.69, 9.17) is 4.74 Å². The van der Waals surface area contributed by atoms with E-state index >= 15 is 0 Å². The van der Waals surface area contributed by atoms with E-state index in [-0.39, 0.29) is 0 Å². The third kappa shape index (κ3) is 1.81. The van der Waals surface area contributed by atoms with Crippen molar-refractivity contribution in [3.63, 3.8) is 0 Å². The molecule has 0 N–H and O–H groups in total. The lowest BCUT2D eigenvalue weighted by molar-refractivity contribution is 0.122. The summed E-state index contributed by atoms with van der Waals surface area (Å²) in [7, 11) is 0. The van der Waals surface area contributed by atoms with Gasteiger partial charge in [0, 0.05) is 30.9 Å². The van der Waals surface area contributed by atoms with Crippen LogP contribution in [-0.4, -0.2) is 40.8 Å². The lowest BCUT2D eigenvalue weighted by Crippen LogP contribution is -2.36. The third-order valence-electron chi connectivity index (χ3n) is 2.53. The molecular formula is C10H12N4OS. The number of hydrogen-bond acceptors (Lipinski definition) is 5. The van der Waals surface area contributed by atoms with Gasteiger partial charge in [0.2, 0.25) is 0 Å². The van der Waals surface area contributed by atoms with Crippen LogP contribution in [0.15, 0.2) is 24.1 Å². The number of hydrogen-bond donors (Lipinski definition) is 0. The highest BCUT2D eigenvalue weighted by atomic mass is 32.1. The normalized spacial score (nSPS) is 16.6. The molecule has 0 unspecified atom stereocenters. The van der Waals surface area contributed by atoms with Crippen LogP contribution in [0.2, 0.25) is 0 Å². The smallest absolute Gasteiger partial charge is 0.187 e. The molecule has 0 aliphatic carbocycles. The van der Waals surface area contributed by atoms with Gasteiger partial charge in [-0.15, -0.1) is 11.3 Å². The number of rotatable bonds is 2. The topological polar surface area (TPSA) is 43.2 Å². The Morgan fingerprint density at radius 3 is 2.94 bits per heavy atom. The lowest BCUT2D eigenvalue weighted by Gasteiger charge is -2.25. The highest BCUT2D eigenvalue weighted by Gasteiger charge is 2.14. The van der Waals surface area contributed by atoms with Gasteiger partial charge in [-0.3, -0.25) is 4.57 Å². The number of nitrogens with zero attached hydrogens (tertiary/aromatic N) is 4. The van der Waals surface area contributed by atoms with Crippen LogP contribution in [0.3, 0.4) is 0 Å². The summed E-state index contributed by atoms with van der Waals surface area (Å²) in [6.07, 6.45) is 5.42. The number of thiazole rings is 1. The predicted molar refractivity (Wildman–Crippen MR) is 62.3 cm³/mol. The SMILES string of the molecule is c1cn(-c2csc(N3CCOCC3)n2)cn1. The standard InChI is InChI=1S/C10H12N4OS/c1-2-14(8-11-1)9-7-16-10(12-9)13-3-5-15-6-4-13/h1-2,7-8H,3-6H2. The van der Waals surface area contributed by atoms with E-state index in [2.05, 4.69) is 14.9 Å². The third-order valence-corrected chi connectivity index (χ3v) is 3.42. The largest absolute Gasteiger partial charge is 0.378 e. The van der Waals surface area contributed by atoms with E-state index in [1.54, 1.807) is 23.9 Å². The number of aromatic nitrogens is 3. The van der Waals surface area contributed by atoms with Gasteiger partial charge in [0.05, 0.1) is 13.2 Å². The zero-order valence-electron chi connectivity index (χ0n) is 8.74. The molecule has 0 bridgehead atoms. The van der Waals surface area contributed by atoms with E-state index in [1.165, 1.54) is 0 Å². The minimum absolute atomic E-state index is 0.792. The summed E-state index contributed by atoms with van der Waals surface area (Å²) >= 11 is 1.66. The molecule has 5 nitrogen and oxygen atoms in total. The second-order valence-electron chi connectivity index (χ2n) is 3.56. The van der Waals surface area contributed by atoms with E-state index in [1.807, 2.05) is 16.1 Å². The number of anilines is 1. The van der Waals surface area contributed by atoms with Gasteiger partial charge >= 0.3 is 0 Å². The fourth-order valence-electron chi connectivity index (χ4n) is 1.67. The van der Waals surface area contributed by atoms with Crippen molar-refractivity contribution in [3.05, 3.63) is 24.1 Å². The van der Waals surface area contributed by atoms with Gasteiger partial charge in [0.25, 0.3) is 0 Å². The molecule has 1 fully saturated rings. The summed E-state index contributed by atoms with van der Waals surface area (Å²) in [5.74, 6) is 0.934. The first kappa shape index (κ1) is 9.80. The van der Waals surface area contributed by atoms with Crippen LogP contribution in [-0.2, 0) is 4.74 Å². The number of ether oxygens (including phenoxy) is 1. The Balaban J connectivity index is 1.82. The maximum absolute atomic E-state index is 5.32. The molecule has 2 aromatic heterocycles. The monoisotopic (exact) mass is 236 g/mol. The molecule has 0 radical (unpaired) electrons. The summed E-state index contributed by atoms with van der Waals surface area (Å²) in [6, 6.07) is 0. The van der Waals surface area contributed by atoms with Crippen LogP contribution in [0.5, 0.6) is 0 Å². The summed E-state index contributed by atoms with van der Waals surface area (Å²) in [5, 5.41) is 3.11. The van der Waals surface area contributed by atoms with Crippen molar-refractivity contribution in [1.82, 2.24) is 14.5 Å². The van der Waals surface area contributed by atoms with Gasteiger partial charge < -0.3 is 9.64 Å². The van der Waals surface area contributed by atoms with E-state index in [9.17, 15) is 0 Å². The molecule has 3 rings (SSSR count). The molecule has 84 valence electrons. The Labute approximate surface area is 97.3 Å². The fourth-order valence-corrected chi connectivity index (χ4v) is 2.53. The molecule has 1 aliphatic heterocycles. The molecule has 16 heavy (non-hydrogen) atoms. The quantitative estimate of drug-likeness (QED) is 0.785. The van der Waals surface area contributed by atoms with Crippen molar-refractivity contribution in [2.75, 3.05) is 31.2 Å². The highest BCUT2D eigenvalue weighted by molar-refractivity contribution is 7.14. The summed E-state index contributed by atoms with van der Waals surface area (Å²) in [5.41, 5.74) is 0. The van der Waals surface area contributed by atoms with Crippen LogP contribution in [0.4, 0.5) is 5.13 Å². The van der Waals surface area contributed by atoms with Crippen molar-refractivity contribution >= 4 is 16.5 Å². The summed E-state index contributed by atoms with van der Waals surface area (Å²) in [4.78, 5) is 10.9. The second-order valence-corrected chi connectivity index (χ2v) is 4.39. The summed E-state index contributed by atoms with van der Waals surface area (Å²) < 4.78 is 7.24. The molecule has 0 amide bonds. The van der Waals surface area contributed by atoms with Gasteiger partial charge in [0.1, 0.15) is 6.33 Å². The maximum Gasteiger partial charge on any atom is 0.187 e. The Hall–Kier alpha value is -1.40. The van der Waals surface area contributed by atoms with E-state index in [0.717, 1.165) is 37.3 Å². The molecule has 0 spiro atoms. The van der Waals surface area contributed by atoms with E-state index < -0.39 is 0 Å². The van der Waals surface area contributed by atoms with Gasteiger partial charge in [-0.25, -0.2) is 9.97 Å². The molecule has 2 aromatic rings. The van der Waals surface area contributed by atoms with Crippen LogP contribution < -0.4 is 4.90 Å². The van der Waals surface area contributed by atoms with Crippen LogP contribution in [0.25, 0.3) is 5.82 Å². The molecular weight excluding hydrogens is 224 g/mol. The first-order chi connectivity index (χ1) is 7.93. The Kier molecular flexibility index (Phi) is 2.59. The van der Waals surface area contributed by atoms with Gasteiger partial charge in [-0.05, 0) is 0 Å². The lowest BCUT2D eigenvalue weighted by atomic mass is 10.5. The van der Waals surface area contributed by atoms with Gasteiger partial charge in [-0.2, -0.15) is 0 Å². The Bertz CT molecular complexity index is 447. The van der Waals surface area contributed by atoms with Crippen molar-refractivity contribution in [3.8, 4) is 5.82 Å². The zero-order chi connectivity index (χ0) is 10.8. The molecule has 0 aromatic carbocycles. The molecule has 3 heterocycles. The van der Waals surface area contributed by atoms with Gasteiger partial charge in [0.15, 0.2) is 10.9 Å². The average molecular weight is 236 g/mol.